The van der Waals surface area contributed by atoms with Crippen molar-refractivity contribution in [1.29, 1.82) is 0 Å². The Bertz CT molecular complexity index is 888. The Hall–Kier alpha value is -3.13. The van der Waals surface area contributed by atoms with E-state index in [1.807, 2.05) is 12.1 Å². The molecule has 0 saturated carbocycles. The number of methoxy groups -OCH3 is 4. The van der Waals surface area contributed by atoms with Gasteiger partial charge in [0.1, 0.15) is 11.5 Å². The predicted octanol–water partition coefficient (Wildman–Crippen LogP) is 2.67. The first-order chi connectivity index (χ1) is 13.9. The molecule has 2 rings (SSSR count). The van der Waals surface area contributed by atoms with Gasteiger partial charge in [0.05, 0.1) is 39.1 Å². The molecule has 0 aliphatic heterocycles. The molecule has 0 aromatic heterocycles. The first kappa shape index (κ1) is 22.2. The Morgan fingerprint density at radius 1 is 0.828 bits per heavy atom. The zero-order valence-corrected chi connectivity index (χ0v) is 17.4. The summed E-state index contributed by atoms with van der Waals surface area (Å²) in [4.78, 5) is 24.3. The number of ether oxygens (including phenoxy) is 4. The van der Waals surface area contributed by atoms with Crippen molar-refractivity contribution in [2.45, 2.75) is 6.42 Å². The molecule has 2 aromatic rings. The van der Waals surface area contributed by atoms with Crippen LogP contribution in [0.2, 0.25) is 5.02 Å². The Morgan fingerprint density at radius 3 is 2.10 bits per heavy atom. The minimum absolute atomic E-state index is 0.267. The summed E-state index contributed by atoms with van der Waals surface area (Å²) in [6.45, 7) is 0.267. The van der Waals surface area contributed by atoms with Crippen molar-refractivity contribution in [2.24, 2.45) is 0 Å². The van der Waals surface area contributed by atoms with Crippen molar-refractivity contribution < 1.29 is 28.5 Å². The fourth-order valence-electron chi connectivity index (χ4n) is 2.57. The van der Waals surface area contributed by atoms with Crippen LogP contribution in [0.15, 0.2) is 30.3 Å². The fourth-order valence-corrected chi connectivity index (χ4v) is 2.80. The molecule has 0 unspecified atom stereocenters. The van der Waals surface area contributed by atoms with Crippen molar-refractivity contribution >= 4 is 29.1 Å². The van der Waals surface area contributed by atoms with E-state index in [0.29, 0.717) is 34.4 Å². The quantitative estimate of drug-likeness (QED) is 0.635. The van der Waals surface area contributed by atoms with Crippen molar-refractivity contribution in [1.82, 2.24) is 5.32 Å². The standard InChI is InChI=1S/C20H23ClN2O6/c1-26-15-6-5-12(9-18(15)29-4)7-8-22-19(24)20(25)23-14-11-16(27-2)13(21)10-17(14)28-3/h5-6,9-11H,7-8H2,1-4H3,(H,22,24)(H,23,25). The van der Waals surface area contributed by atoms with Gasteiger partial charge in [0.15, 0.2) is 11.5 Å². The number of benzene rings is 2. The third-order valence-corrected chi connectivity index (χ3v) is 4.37. The van der Waals surface area contributed by atoms with Crippen LogP contribution in [0.4, 0.5) is 5.69 Å². The minimum Gasteiger partial charge on any atom is -0.495 e. The van der Waals surface area contributed by atoms with Crippen LogP contribution in [0.5, 0.6) is 23.0 Å². The van der Waals surface area contributed by atoms with Gasteiger partial charge in [0, 0.05) is 18.7 Å². The smallest absolute Gasteiger partial charge is 0.313 e. The molecule has 2 amide bonds. The van der Waals surface area contributed by atoms with Gasteiger partial charge in [-0.1, -0.05) is 17.7 Å². The molecule has 0 aliphatic rings. The maximum absolute atomic E-state index is 12.2. The number of carbonyl (C=O) groups is 2. The normalized spacial score (nSPS) is 10.1. The third kappa shape index (κ3) is 5.68. The molecule has 0 radical (unpaired) electrons. The number of anilines is 1. The van der Waals surface area contributed by atoms with Crippen LogP contribution in [0.25, 0.3) is 0 Å². The van der Waals surface area contributed by atoms with Crippen LogP contribution >= 0.6 is 11.6 Å². The number of carbonyl (C=O) groups excluding carboxylic acids is 2. The molecule has 0 atom stereocenters. The average Bonchev–Trinajstić information content (AvgIpc) is 2.74. The van der Waals surface area contributed by atoms with Gasteiger partial charge < -0.3 is 29.6 Å². The van der Waals surface area contributed by atoms with Gasteiger partial charge in [0.2, 0.25) is 0 Å². The zero-order valence-electron chi connectivity index (χ0n) is 16.6. The molecule has 0 fully saturated rings. The van der Waals surface area contributed by atoms with Crippen LogP contribution < -0.4 is 29.6 Å². The highest BCUT2D eigenvalue weighted by Crippen LogP contribution is 2.35. The van der Waals surface area contributed by atoms with E-state index in [1.54, 1.807) is 20.3 Å². The van der Waals surface area contributed by atoms with Crippen LogP contribution in [-0.2, 0) is 16.0 Å². The van der Waals surface area contributed by atoms with Crippen LogP contribution in [0.1, 0.15) is 5.56 Å². The summed E-state index contributed by atoms with van der Waals surface area (Å²) >= 11 is 6.03. The molecule has 9 heteroatoms. The molecule has 156 valence electrons. The summed E-state index contributed by atoms with van der Waals surface area (Å²) in [5, 5.41) is 5.39. The van der Waals surface area contributed by atoms with E-state index in [4.69, 9.17) is 30.5 Å². The van der Waals surface area contributed by atoms with E-state index in [2.05, 4.69) is 10.6 Å². The topological polar surface area (TPSA) is 95.1 Å². The first-order valence-electron chi connectivity index (χ1n) is 8.65. The molecule has 2 aromatic carbocycles. The molecule has 0 aliphatic carbocycles. The predicted molar refractivity (Wildman–Crippen MR) is 109 cm³/mol. The molecule has 29 heavy (non-hydrogen) atoms. The number of nitrogens with one attached hydrogen (secondary N) is 2. The second-order valence-corrected chi connectivity index (χ2v) is 6.24. The van der Waals surface area contributed by atoms with Gasteiger partial charge in [-0.05, 0) is 24.1 Å². The summed E-state index contributed by atoms with van der Waals surface area (Å²) in [6, 6.07) is 8.43. The van der Waals surface area contributed by atoms with Crippen molar-refractivity contribution in [3.05, 3.63) is 40.9 Å². The molecular weight excluding hydrogens is 400 g/mol. The number of hydrogen-bond donors (Lipinski definition) is 2. The SMILES string of the molecule is COc1cc(NC(=O)C(=O)NCCc2ccc(OC)c(OC)c2)c(OC)cc1Cl. The Balaban J connectivity index is 1.96. The molecule has 0 saturated heterocycles. The summed E-state index contributed by atoms with van der Waals surface area (Å²) in [7, 11) is 5.98. The average molecular weight is 423 g/mol. The number of amides is 2. The van der Waals surface area contributed by atoms with Gasteiger partial charge in [-0.25, -0.2) is 0 Å². The highest BCUT2D eigenvalue weighted by Gasteiger charge is 2.17. The van der Waals surface area contributed by atoms with E-state index in [9.17, 15) is 9.59 Å². The van der Waals surface area contributed by atoms with Crippen LogP contribution in [0.3, 0.4) is 0 Å². The fraction of sp³-hybridized carbons (Fsp3) is 0.300. The summed E-state index contributed by atoms with van der Waals surface area (Å²) in [5.74, 6) is 0.255. The van der Waals surface area contributed by atoms with Gasteiger partial charge in [-0.3, -0.25) is 9.59 Å². The van der Waals surface area contributed by atoms with E-state index in [0.717, 1.165) is 5.56 Å². The van der Waals surface area contributed by atoms with Crippen LogP contribution in [-0.4, -0.2) is 46.8 Å². The monoisotopic (exact) mass is 422 g/mol. The molecule has 0 spiro atoms. The molecular formula is C20H23ClN2O6. The number of rotatable bonds is 8. The second kappa shape index (κ2) is 10.4. The Morgan fingerprint density at radius 2 is 1.48 bits per heavy atom. The highest BCUT2D eigenvalue weighted by molar-refractivity contribution is 6.40. The van der Waals surface area contributed by atoms with E-state index < -0.39 is 11.8 Å². The van der Waals surface area contributed by atoms with Gasteiger partial charge in [-0.15, -0.1) is 0 Å². The molecule has 2 N–H and O–H groups in total. The van der Waals surface area contributed by atoms with E-state index >= 15 is 0 Å². The largest absolute Gasteiger partial charge is 0.495 e. The lowest BCUT2D eigenvalue weighted by atomic mass is 10.1. The third-order valence-electron chi connectivity index (χ3n) is 4.08. The van der Waals surface area contributed by atoms with Crippen molar-refractivity contribution in [2.75, 3.05) is 40.3 Å². The summed E-state index contributed by atoms with van der Waals surface area (Å²) < 4.78 is 20.7. The van der Waals surface area contributed by atoms with Crippen molar-refractivity contribution in [3.8, 4) is 23.0 Å². The Labute approximate surface area is 174 Å². The number of halogens is 1. The lowest BCUT2D eigenvalue weighted by molar-refractivity contribution is -0.136. The second-order valence-electron chi connectivity index (χ2n) is 5.84. The van der Waals surface area contributed by atoms with E-state index in [-0.39, 0.29) is 12.2 Å². The Kier molecular flexibility index (Phi) is 7.97. The number of hydrogen-bond acceptors (Lipinski definition) is 6. The lowest BCUT2D eigenvalue weighted by Crippen LogP contribution is -2.36. The van der Waals surface area contributed by atoms with Crippen LogP contribution in [0, 0.1) is 0 Å². The maximum Gasteiger partial charge on any atom is 0.313 e. The van der Waals surface area contributed by atoms with Gasteiger partial charge >= 0.3 is 11.8 Å². The first-order valence-corrected chi connectivity index (χ1v) is 9.02. The maximum atomic E-state index is 12.2. The van der Waals surface area contributed by atoms with Gasteiger partial charge in [-0.2, -0.15) is 0 Å². The molecule has 0 bridgehead atoms. The zero-order chi connectivity index (χ0) is 21.4. The van der Waals surface area contributed by atoms with Crippen molar-refractivity contribution in [3.63, 3.8) is 0 Å². The summed E-state index contributed by atoms with van der Waals surface area (Å²) in [5.41, 5.74) is 1.20. The highest BCUT2D eigenvalue weighted by atomic mass is 35.5. The lowest BCUT2D eigenvalue weighted by Gasteiger charge is -2.13. The molecule has 0 heterocycles. The summed E-state index contributed by atoms with van der Waals surface area (Å²) in [6.07, 6.45) is 0.511. The van der Waals surface area contributed by atoms with E-state index in [1.165, 1.54) is 26.4 Å². The molecule has 8 nitrogen and oxygen atoms in total. The van der Waals surface area contributed by atoms with Gasteiger partial charge in [0.25, 0.3) is 0 Å². The minimum atomic E-state index is -0.833.